The average molecular weight is 393 g/mol. The van der Waals surface area contributed by atoms with Crippen LogP contribution in [0.25, 0.3) is 11.0 Å². The van der Waals surface area contributed by atoms with Gasteiger partial charge in [-0.2, -0.15) is 0 Å². The second-order valence-electron chi connectivity index (χ2n) is 6.91. The minimum atomic E-state index is -0.711. The van der Waals surface area contributed by atoms with E-state index < -0.39 is 17.9 Å². The van der Waals surface area contributed by atoms with Crippen molar-refractivity contribution in [3.8, 4) is 0 Å². The van der Waals surface area contributed by atoms with Gasteiger partial charge in [-0.1, -0.05) is 23.8 Å². The predicted octanol–water partition coefficient (Wildman–Crippen LogP) is 2.43. The Morgan fingerprint density at radius 2 is 1.90 bits per heavy atom. The standard InChI is InChI=1S/C22H19NO6/c1-12-3-8-16-15(11-12)19(25)17-18(23(9-10-24)21(26)20(17)29-16)13-4-6-14(7-5-13)22(27)28-2/h3-8,11,18,24H,9-10H2,1-2H3. The van der Waals surface area contributed by atoms with Gasteiger partial charge in [0.15, 0.2) is 5.43 Å². The van der Waals surface area contributed by atoms with E-state index in [0.717, 1.165) is 5.56 Å². The monoisotopic (exact) mass is 393 g/mol. The summed E-state index contributed by atoms with van der Waals surface area (Å²) in [5, 5.41) is 9.87. The summed E-state index contributed by atoms with van der Waals surface area (Å²) in [6.07, 6.45) is 0. The van der Waals surface area contributed by atoms with Crippen molar-refractivity contribution in [1.82, 2.24) is 4.90 Å². The number of carbonyl (C=O) groups is 2. The fourth-order valence-electron chi connectivity index (χ4n) is 3.74. The van der Waals surface area contributed by atoms with Gasteiger partial charge in [0.25, 0.3) is 5.91 Å². The van der Waals surface area contributed by atoms with E-state index in [1.807, 2.05) is 13.0 Å². The van der Waals surface area contributed by atoms with Crippen molar-refractivity contribution in [2.24, 2.45) is 0 Å². The Morgan fingerprint density at radius 3 is 2.55 bits per heavy atom. The van der Waals surface area contributed by atoms with Gasteiger partial charge in [-0.3, -0.25) is 9.59 Å². The van der Waals surface area contributed by atoms with Crippen LogP contribution in [0.3, 0.4) is 0 Å². The summed E-state index contributed by atoms with van der Waals surface area (Å²) in [5.41, 5.74) is 2.21. The predicted molar refractivity (Wildman–Crippen MR) is 105 cm³/mol. The lowest BCUT2D eigenvalue weighted by atomic mass is 9.97. The summed E-state index contributed by atoms with van der Waals surface area (Å²) in [5.74, 6) is -0.940. The average Bonchev–Trinajstić information content (AvgIpc) is 3.01. The molecule has 1 aliphatic rings. The molecule has 2 heterocycles. The first-order valence-electron chi connectivity index (χ1n) is 9.13. The van der Waals surface area contributed by atoms with Crippen LogP contribution in [0.1, 0.15) is 43.6 Å². The Labute approximate surface area is 166 Å². The summed E-state index contributed by atoms with van der Waals surface area (Å²) < 4.78 is 10.5. The number of amides is 1. The number of β-amino-alcohol motifs (C(OH)–C–C–N with tert-alkyl or cyclic N) is 1. The molecule has 2 aromatic carbocycles. The fraction of sp³-hybridized carbons (Fsp3) is 0.227. The smallest absolute Gasteiger partial charge is 0.337 e. The molecule has 7 nitrogen and oxygen atoms in total. The number of hydrogen-bond donors (Lipinski definition) is 1. The molecule has 1 N–H and O–H groups in total. The van der Waals surface area contributed by atoms with Gasteiger partial charge in [0.05, 0.1) is 36.3 Å². The number of ether oxygens (including phenoxy) is 1. The second-order valence-corrected chi connectivity index (χ2v) is 6.91. The third-order valence-electron chi connectivity index (χ3n) is 5.11. The van der Waals surface area contributed by atoms with Crippen LogP contribution in [0.5, 0.6) is 0 Å². The number of aryl methyl sites for hydroxylation is 1. The van der Waals surface area contributed by atoms with E-state index >= 15 is 0 Å². The lowest BCUT2D eigenvalue weighted by Gasteiger charge is -2.24. The zero-order valence-corrected chi connectivity index (χ0v) is 16.0. The zero-order chi connectivity index (χ0) is 20.7. The third kappa shape index (κ3) is 3.00. The van der Waals surface area contributed by atoms with Crippen molar-refractivity contribution in [2.75, 3.05) is 20.3 Å². The zero-order valence-electron chi connectivity index (χ0n) is 16.0. The maximum absolute atomic E-state index is 13.3. The molecule has 0 saturated heterocycles. The molecule has 0 aliphatic carbocycles. The van der Waals surface area contributed by atoms with E-state index in [0.29, 0.717) is 22.1 Å². The highest BCUT2D eigenvalue weighted by molar-refractivity contribution is 5.99. The lowest BCUT2D eigenvalue weighted by molar-refractivity contribution is 0.0599. The first-order valence-corrected chi connectivity index (χ1v) is 9.13. The molecule has 0 fully saturated rings. The number of carbonyl (C=O) groups excluding carboxylic acids is 2. The quantitative estimate of drug-likeness (QED) is 0.684. The lowest BCUT2D eigenvalue weighted by Crippen LogP contribution is -2.32. The van der Waals surface area contributed by atoms with Crippen molar-refractivity contribution in [3.05, 3.63) is 80.7 Å². The number of fused-ring (bicyclic) bond motifs is 2. The van der Waals surface area contributed by atoms with Crippen LogP contribution >= 0.6 is 0 Å². The molecule has 1 unspecified atom stereocenters. The number of rotatable bonds is 4. The van der Waals surface area contributed by atoms with E-state index in [2.05, 4.69) is 0 Å². The highest BCUT2D eigenvalue weighted by atomic mass is 16.5. The molecule has 1 aliphatic heterocycles. The van der Waals surface area contributed by atoms with Gasteiger partial charge in [-0.05, 0) is 36.8 Å². The van der Waals surface area contributed by atoms with E-state index in [4.69, 9.17) is 9.15 Å². The van der Waals surface area contributed by atoms with Crippen LogP contribution in [0, 0.1) is 6.92 Å². The van der Waals surface area contributed by atoms with E-state index in [1.54, 1.807) is 36.4 Å². The van der Waals surface area contributed by atoms with Crippen molar-refractivity contribution in [1.29, 1.82) is 0 Å². The van der Waals surface area contributed by atoms with Crippen LogP contribution in [0.2, 0.25) is 0 Å². The maximum Gasteiger partial charge on any atom is 0.337 e. The molecule has 1 amide bonds. The van der Waals surface area contributed by atoms with Crippen LogP contribution in [0.4, 0.5) is 0 Å². The van der Waals surface area contributed by atoms with Gasteiger partial charge in [-0.25, -0.2) is 4.79 Å². The normalized spacial score (nSPS) is 15.6. The SMILES string of the molecule is COC(=O)c1ccc(C2c3c(oc4ccc(C)cc4c3=O)C(=O)N2CCO)cc1. The second kappa shape index (κ2) is 7.18. The van der Waals surface area contributed by atoms with Gasteiger partial charge < -0.3 is 19.2 Å². The molecule has 0 spiro atoms. The Kier molecular flexibility index (Phi) is 4.68. The van der Waals surface area contributed by atoms with E-state index in [1.165, 1.54) is 12.0 Å². The summed E-state index contributed by atoms with van der Waals surface area (Å²) in [6, 6.07) is 11.0. The molecule has 4 rings (SSSR count). The summed E-state index contributed by atoms with van der Waals surface area (Å²) >= 11 is 0. The van der Waals surface area contributed by atoms with Gasteiger partial charge in [0.1, 0.15) is 5.58 Å². The highest BCUT2D eigenvalue weighted by Crippen LogP contribution is 2.38. The number of nitrogens with zero attached hydrogens (tertiary/aromatic N) is 1. The topological polar surface area (TPSA) is 97.0 Å². The van der Waals surface area contributed by atoms with E-state index in [-0.39, 0.29) is 29.9 Å². The summed E-state index contributed by atoms with van der Waals surface area (Å²) in [7, 11) is 1.30. The molecular formula is C22H19NO6. The Hall–Kier alpha value is -3.45. The number of hydrogen-bond acceptors (Lipinski definition) is 6. The molecule has 0 radical (unpaired) electrons. The molecule has 0 bridgehead atoms. The first kappa shape index (κ1) is 18.9. The van der Waals surface area contributed by atoms with Crippen LogP contribution < -0.4 is 5.43 Å². The van der Waals surface area contributed by atoms with Crippen molar-refractivity contribution in [2.45, 2.75) is 13.0 Å². The number of esters is 1. The number of aliphatic hydroxyl groups excluding tert-OH is 1. The fourth-order valence-corrected chi connectivity index (χ4v) is 3.74. The minimum absolute atomic E-state index is 0.0122. The molecule has 1 aromatic heterocycles. The van der Waals surface area contributed by atoms with Gasteiger partial charge in [0.2, 0.25) is 5.76 Å². The molecule has 3 aromatic rings. The molecular weight excluding hydrogens is 374 g/mol. The Bertz CT molecular complexity index is 1180. The Balaban J connectivity index is 1.92. The third-order valence-corrected chi connectivity index (χ3v) is 5.11. The van der Waals surface area contributed by atoms with Crippen LogP contribution in [0.15, 0.2) is 51.7 Å². The van der Waals surface area contributed by atoms with Crippen molar-refractivity contribution in [3.63, 3.8) is 0 Å². The minimum Gasteiger partial charge on any atom is -0.465 e. The summed E-state index contributed by atoms with van der Waals surface area (Å²) in [6.45, 7) is 1.66. The van der Waals surface area contributed by atoms with Crippen molar-refractivity contribution < 1.29 is 23.8 Å². The highest BCUT2D eigenvalue weighted by Gasteiger charge is 2.42. The molecule has 0 saturated carbocycles. The first-order chi connectivity index (χ1) is 14.0. The van der Waals surface area contributed by atoms with Crippen LogP contribution in [-0.4, -0.2) is 42.1 Å². The largest absolute Gasteiger partial charge is 0.465 e. The number of methoxy groups -OCH3 is 1. The van der Waals surface area contributed by atoms with Crippen molar-refractivity contribution >= 4 is 22.8 Å². The van der Waals surface area contributed by atoms with Gasteiger partial charge in [-0.15, -0.1) is 0 Å². The Morgan fingerprint density at radius 1 is 1.17 bits per heavy atom. The summed E-state index contributed by atoms with van der Waals surface area (Å²) in [4.78, 5) is 39.4. The number of benzene rings is 2. The van der Waals surface area contributed by atoms with Gasteiger partial charge in [0, 0.05) is 6.54 Å². The van der Waals surface area contributed by atoms with Crippen LogP contribution in [-0.2, 0) is 4.74 Å². The molecule has 29 heavy (non-hydrogen) atoms. The van der Waals surface area contributed by atoms with Gasteiger partial charge >= 0.3 is 5.97 Å². The molecule has 148 valence electrons. The molecule has 7 heteroatoms. The maximum atomic E-state index is 13.3. The number of aliphatic hydroxyl groups is 1. The molecule has 1 atom stereocenters. The van der Waals surface area contributed by atoms with E-state index in [9.17, 15) is 19.5 Å².